The lowest BCUT2D eigenvalue weighted by Crippen LogP contribution is -2.34. The van der Waals surface area contributed by atoms with E-state index in [-0.39, 0.29) is 24.0 Å². The number of carbonyl (C=O) groups is 2. The quantitative estimate of drug-likeness (QED) is 0.767. The van der Waals surface area contributed by atoms with Gasteiger partial charge in [0.2, 0.25) is 5.78 Å². The molecule has 3 heterocycles. The van der Waals surface area contributed by atoms with E-state index in [1.807, 2.05) is 13.8 Å². The maximum Gasteiger partial charge on any atom is 0.290 e. The summed E-state index contributed by atoms with van der Waals surface area (Å²) in [6.07, 6.45) is 4.54. The van der Waals surface area contributed by atoms with Crippen LogP contribution in [0.25, 0.3) is 0 Å². The number of hydrogen-bond acceptors (Lipinski definition) is 6. The molecule has 0 aromatic carbocycles. The highest BCUT2D eigenvalue weighted by Gasteiger charge is 2.44. The van der Waals surface area contributed by atoms with Crippen LogP contribution in [0.4, 0.5) is 0 Å². The zero-order valence-electron chi connectivity index (χ0n) is 14.6. The van der Waals surface area contributed by atoms with Gasteiger partial charge in [-0.3, -0.25) is 14.6 Å². The van der Waals surface area contributed by atoms with Crippen molar-refractivity contribution in [2.24, 2.45) is 0 Å². The van der Waals surface area contributed by atoms with Crippen LogP contribution < -0.4 is 0 Å². The molecule has 0 saturated carbocycles. The number of rotatable bonds is 7. The number of ether oxygens (including phenoxy) is 1. The fourth-order valence-corrected chi connectivity index (χ4v) is 2.94. The first-order chi connectivity index (χ1) is 12.5. The molecular formula is C19H20N2O5. The summed E-state index contributed by atoms with van der Waals surface area (Å²) in [4.78, 5) is 30.9. The fraction of sp³-hybridized carbons (Fsp3) is 0.316. The Kier molecular flexibility index (Phi) is 5.18. The van der Waals surface area contributed by atoms with Gasteiger partial charge in [0, 0.05) is 18.9 Å². The van der Waals surface area contributed by atoms with Crippen molar-refractivity contribution in [2.75, 3.05) is 13.2 Å². The van der Waals surface area contributed by atoms with E-state index in [1.165, 1.54) is 17.2 Å². The molecule has 0 saturated heterocycles. The maximum atomic E-state index is 12.8. The van der Waals surface area contributed by atoms with Crippen molar-refractivity contribution in [3.05, 3.63) is 65.6 Å². The molecule has 1 amide bonds. The lowest BCUT2D eigenvalue weighted by molar-refractivity contribution is -0.130. The van der Waals surface area contributed by atoms with Gasteiger partial charge in [0.25, 0.3) is 5.91 Å². The lowest BCUT2D eigenvalue weighted by atomic mass is 9.96. The van der Waals surface area contributed by atoms with Crippen molar-refractivity contribution in [1.82, 2.24) is 9.88 Å². The van der Waals surface area contributed by atoms with Gasteiger partial charge in [0.15, 0.2) is 11.5 Å². The van der Waals surface area contributed by atoms with Crippen LogP contribution in [0.1, 0.15) is 36.0 Å². The normalized spacial score (nSPS) is 17.4. The van der Waals surface area contributed by atoms with E-state index < -0.39 is 23.5 Å². The van der Waals surface area contributed by atoms with Gasteiger partial charge in [-0.25, -0.2) is 0 Å². The maximum absolute atomic E-state index is 12.8. The second kappa shape index (κ2) is 7.53. The summed E-state index contributed by atoms with van der Waals surface area (Å²) in [7, 11) is 0. The molecule has 1 aliphatic heterocycles. The standard InChI is InChI=1S/C19H20N2O5/c1-12(2)25-11-9-21-16(13-5-7-20-8-6-13)15(18(23)19(21)24)17(22)14-4-3-10-26-14/h3-8,10,12,16,23H,9,11H2,1-2H3. The molecule has 7 nitrogen and oxygen atoms in total. The van der Waals surface area contributed by atoms with Gasteiger partial charge in [0.1, 0.15) is 0 Å². The third-order valence-electron chi connectivity index (χ3n) is 4.10. The average molecular weight is 356 g/mol. The Bertz CT molecular complexity index is 812. The minimum absolute atomic E-state index is 0.000645. The third-order valence-corrected chi connectivity index (χ3v) is 4.10. The monoisotopic (exact) mass is 356 g/mol. The van der Waals surface area contributed by atoms with Gasteiger partial charge in [-0.2, -0.15) is 0 Å². The topological polar surface area (TPSA) is 92.9 Å². The van der Waals surface area contributed by atoms with Crippen LogP contribution in [0.15, 0.2) is 58.7 Å². The number of Topliss-reactive ketones (excluding diaryl/α,β-unsaturated/α-hetero) is 1. The van der Waals surface area contributed by atoms with Crippen molar-refractivity contribution in [3.63, 3.8) is 0 Å². The van der Waals surface area contributed by atoms with Crippen molar-refractivity contribution >= 4 is 11.7 Å². The predicted molar refractivity (Wildman–Crippen MR) is 92.5 cm³/mol. The Morgan fingerprint density at radius 1 is 1.35 bits per heavy atom. The van der Waals surface area contributed by atoms with Gasteiger partial charge < -0.3 is 19.2 Å². The van der Waals surface area contributed by atoms with E-state index in [2.05, 4.69) is 4.98 Å². The molecule has 2 aromatic rings. The molecule has 1 atom stereocenters. The number of aliphatic hydroxyl groups excluding tert-OH is 1. The molecule has 0 radical (unpaired) electrons. The molecule has 1 aliphatic rings. The van der Waals surface area contributed by atoms with Crippen LogP contribution >= 0.6 is 0 Å². The molecule has 7 heteroatoms. The molecule has 0 aliphatic carbocycles. The number of carbonyl (C=O) groups excluding carboxylic acids is 2. The second-order valence-electron chi connectivity index (χ2n) is 6.17. The summed E-state index contributed by atoms with van der Waals surface area (Å²) >= 11 is 0. The van der Waals surface area contributed by atoms with E-state index in [0.29, 0.717) is 12.2 Å². The van der Waals surface area contributed by atoms with Gasteiger partial charge in [-0.1, -0.05) is 0 Å². The number of ketones is 1. The molecule has 3 rings (SSSR count). The highest BCUT2D eigenvalue weighted by Crippen LogP contribution is 2.38. The average Bonchev–Trinajstić information content (AvgIpc) is 3.24. The molecule has 1 N–H and O–H groups in total. The van der Waals surface area contributed by atoms with Crippen molar-refractivity contribution in [3.8, 4) is 0 Å². The zero-order valence-corrected chi connectivity index (χ0v) is 14.6. The highest BCUT2D eigenvalue weighted by molar-refractivity contribution is 6.14. The van der Waals surface area contributed by atoms with Crippen molar-refractivity contribution in [1.29, 1.82) is 0 Å². The molecule has 0 bridgehead atoms. The van der Waals surface area contributed by atoms with E-state index in [9.17, 15) is 14.7 Å². The summed E-state index contributed by atoms with van der Waals surface area (Å²) in [5, 5.41) is 10.4. The second-order valence-corrected chi connectivity index (χ2v) is 6.17. The Labute approximate surface area is 150 Å². The largest absolute Gasteiger partial charge is 0.503 e. The van der Waals surface area contributed by atoms with Crippen LogP contribution in [-0.4, -0.2) is 45.9 Å². The first-order valence-corrected chi connectivity index (χ1v) is 8.34. The fourth-order valence-electron chi connectivity index (χ4n) is 2.94. The van der Waals surface area contributed by atoms with Gasteiger partial charge >= 0.3 is 0 Å². The van der Waals surface area contributed by atoms with Gasteiger partial charge in [-0.05, 0) is 43.7 Å². The third kappa shape index (κ3) is 3.39. The van der Waals surface area contributed by atoms with Crippen molar-refractivity contribution in [2.45, 2.75) is 26.0 Å². The minimum Gasteiger partial charge on any atom is -0.503 e. The molecule has 1 unspecified atom stereocenters. The summed E-state index contributed by atoms with van der Waals surface area (Å²) in [5.74, 6) is -1.61. The first kappa shape index (κ1) is 17.9. The van der Waals surface area contributed by atoms with Gasteiger partial charge in [0.05, 0.1) is 30.6 Å². The van der Waals surface area contributed by atoms with Gasteiger partial charge in [-0.15, -0.1) is 0 Å². The molecule has 136 valence electrons. The Hall–Kier alpha value is -2.93. The van der Waals surface area contributed by atoms with Crippen LogP contribution in [0.2, 0.25) is 0 Å². The SMILES string of the molecule is CC(C)OCCN1C(=O)C(O)=C(C(=O)c2ccco2)C1c1ccncc1. The van der Waals surface area contributed by atoms with Crippen LogP contribution in [0.3, 0.4) is 0 Å². The molecule has 0 spiro atoms. The van der Waals surface area contributed by atoms with Crippen LogP contribution in [-0.2, 0) is 9.53 Å². The number of aliphatic hydroxyl groups is 1. The molecule has 2 aromatic heterocycles. The van der Waals surface area contributed by atoms with E-state index in [0.717, 1.165) is 0 Å². The molecule has 26 heavy (non-hydrogen) atoms. The molecule has 0 fully saturated rings. The number of furan rings is 1. The van der Waals surface area contributed by atoms with Crippen LogP contribution in [0, 0.1) is 0 Å². The zero-order chi connectivity index (χ0) is 18.7. The Balaban J connectivity index is 1.97. The Morgan fingerprint density at radius 2 is 2.08 bits per heavy atom. The van der Waals surface area contributed by atoms with Crippen molar-refractivity contribution < 1.29 is 23.8 Å². The number of nitrogens with zero attached hydrogens (tertiary/aromatic N) is 2. The van der Waals surface area contributed by atoms with E-state index in [4.69, 9.17) is 9.15 Å². The summed E-state index contributed by atoms with van der Waals surface area (Å²) in [6.45, 7) is 4.32. The Morgan fingerprint density at radius 3 is 2.69 bits per heavy atom. The summed E-state index contributed by atoms with van der Waals surface area (Å²) < 4.78 is 10.7. The number of hydrogen-bond donors (Lipinski definition) is 1. The lowest BCUT2D eigenvalue weighted by Gasteiger charge is -2.26. The highest BCUT2D eigenvalue weighted by atomic mass is 16.5. The first-order valence-electron chi connectivity index (χ1n) is 8.34. The van der Waals surface area contributed by atoms with E-state index in [1.54, 1.807) is 30.6 Å². The molecular weight excluding hydrogens is 336 g/mol. The van der Waals surface area contributed by atoms with Crippen LogP contribution in [0.5, 0.6) is 0 Å². The predicted octanol–water partition coefficient (Wildman–Crippen LogP) is 2.68. The number of pyridine rings is 1. The smallest absolute Gasteiger partial charge is 0.290 e. The summed E-state index contributed by atoms with van der Waals surface area (Å²) in [5.41, 5.74) is 0.678. The minimum atomic E-state index is -0.723. The van der Waals surface area contributed by atoms with E-state index >= 15 is 0 Å². The number of aromatic nitrogens is 1. The number of amides is 1. The summed E-state index contributed by atoms with van der Waals surface area (Å²) in [6, 6.07) is 5.78.